The highest BCUT2D eigenvalue weighted by Crippen LogP contribution is 2.29. The summed E-state index contributed by atoms with van der Waals surface area (Å²) in [5, 5.41) is 0.215. The number of carbonyl (C=O) groups excluding carboxylic acids is 1. The predicted octanol–water partition coefficient (Wildman–Crippen LogP) is 2.22. The maximum absolute atomic E-state index is 12.6. The van der Waals surface area contributed by atoms with Crippen LogP contribution in [0.5, 0.6) is 0 Å². The van der Waals surface area contributed by atoms with E-state index in [0.29, 0.717) is 19.4 Å². The summed E-state index contributed by atoms with van der Waals surface area (Å²) < 4.78 is 26.7. The van der Waals surface area contributed by atoms with E-state index >= 15 is 0 Å². The average molecular weight is 315 g/mol. The van der Waals surface area contributed by atoms with Gasteiger partial charge < -0.3 is 0 Å². The van der Waals surface area contributed by atoms with Gasteiger partial charge >= 0.3 is 0 Å². The highest BCUT2D eigenvalue weighted by Gasteiger charge is 2.35. The van der Waals surface area contributed by atoms with Crippen LogP contribution < -0.4 is 0 Å². The summed E-state index contributed by atoms with van der Waals surface area (Å²) >= 11 is 5.98. The molecule has 2 atom stereocenters. The van der Waals surface area contributed by atoms with Crippen molar-refractivity contribution in [3.8, 4) is 0 Å². The lowest BCUT2D eigenvalue weighted by molar-refractivity contribution is 0.248. The van der Waals surface area contributed by atoms with Gasteiger partial charge in [0, 0.05) is 12.6 Å². The van der Waals surface area contributed by atoms with Crippen molar-refractivity contribution in [1.82, 2.24) is 4.31 Å². The lowest BCUT2D eigenvalue weighted by Gasteiger charge is -2.34. The normalized spacial score (nSPS) is 24.1. The second kappa shape index (κ2) is 6.06. The van der Waals surface area contributed by atoms with Crippen LogP contribution >= 0.6 is 11.6 Å². The third-order valence-electron chi connectivity index (χ3n) is 3.45. The summed E-state index contributed by atoms with van der Waals surface area (Å²) in [6.45, 7) is 2.13. The summed E-state index contributed by atoms with van der Waals surface area (Å²) in [6, 6.07) is 6.01. The number of benzene rings is 1. The van der Waals surface area contributed by atoms with E-state index in [-0.39, 0.29) is 22.0 Å². The maximum atomic E-state index is 12.6. The first-order valence-electron chi connectivity index (χ1n) is 6.30. The summed E-state index contributed by atoms with van der Waals surface area (Å²) in [4.78, 5) is 14.1. The fourth-order valence-corrected chi connectivity index (χ4v) is 4.61. The van der Waals surface area contributed by atoms with Gasteiger partial charge in [-0.15, -0.1) is 0 Å². The van der Waals surface area contributed by atoms with E-state index in [1.54, 1.807) is 25.1 Å². The topological polar surface area (TPSA) is 66.8 Å². The lowest BCUT2D eigenvalue weighted by atomic mass is 10.0. The van der Waals surface area contributed by atoms with Crippen LogP contribution in [0, 0.1) is 0 Å². The van der Waals surface area contributed by atoms with Crippen LogP contribution in [0.25, 0.3) is 0 Å². The van der Waals surface area contributed by atoms with E-state index in [1.165, 1.54) is 16.5 Å². The molecule has 0 amide bonds. The number of piperidine rings is 1. The van der Waals surface area contributed by atoms with Gasteiger partial charge in [-0.2, -0.15) is 4.31 Å². The van der Waals surface area contributed by atoms with Gasteiger partial charge in [-0.25, -0.2) is 18.2 Å². The summed E-state index contributed by atoms with van der Waals surface area (Å²) in [5.41, 5.74) is 0. The molecule has 0 saturated carbocycles. The first kappa shape index (κ1) is 15.2. The maximum Gasteiger partial charge on any atom is 0.244 e. The zero-order valence-electron chi connectivity index (χ0n) is 11.0. The fourth-order valence-electron chi connectivity index (χ4n) is 2.45. The Hall–Kier alpha value is -1.20. The van der Waals surface area contributed by atoms with Gasteiger partial charge in [0.05, 0.1) is 11.1 Å². The molecule has 0 aromatic heterocycles. The van der Waals surface area contributed by atoms with Crippen molar-refractivity contribution >= 4 is 27.7 Å². The van der Waals surface area contributed by atoms with E-state index in [2.05, 4.69) is 4.99 Å². The van der Waals surface area contributed by atoms with Crippen molar-refractivity contribution in [3.63, 3.8) is 0 Å². The Labute approximate surface area is 123 Å². The van der Waals surface area contributed by atoms with E-state index < -0.39 is 10.0 Å². The smallest absolute Gasteiger partial charge is 0.211 e. The van der Waals surface area contributed by atoms with Gasteiger partial charge in [-0.1, -0.05) is 23.7 Å². The molecule has 0 N–H and O–H groups in total. The second-order valence-corrected chi connectivity index (χ2v) is 7.06. The van der Waals surface area contributed by atoms with Crippen molar-refractivity contribution in [2.24, 2.45) is 4.99 Å². The van der Waals surface area contributed by atoms with Crippen LogP contribution in [-0.2, 0) is 14.8 Å². The molecule has 2 rings (SSSR count). The summed E-state index contributed by atoms with van der Waals surface area (Å²) in [6.07, 6.45) is 2.57. The Morgan fingerprint density at radius 1 is 1.40 bits per heavy atom. The number of isocyanates is 1. The highest BCUT2D eigenvalue weighted by molar-refractivity contribution is 7.89. The number of nitrogens with zero attached hydrogens (tertiary/aromatic N) is 2. The molecule has 1 aromatic rings. The number of sulfonamides is 1. The number of hydrogen-bond acceptors (Lipinski definition) is 4. The van der Waals surface area contributed by atoms with Crippen molar-refractivity contribution in [2.45, 2.75) is 36.7 Å². The molecule has 0 radical (unpaired) electrons. The molecule has 1 aliphatic heterocycles. The fraction of sp³-hybridized carbons (Fsp3) is 0.462. The van der Waals surface area contributed by atoms with Gasteiger partial charge in [-0.05, 0) is 31.9 Å². The highest BCUT2D eigenvalue weighted by atomic mass is 35.5. The minimum Gasteiger partial charge on any atom is -0.211 e. The Balaban J connectivity index is 2.28. The van der Waals surface area contributed by atoms with Crippen molar-refractivity contribution in [2.75, 3.05) is 6.54 Å². The third kappa shape index (κ3) is 2.94. The molecule has 20 heavy (non-hydrogen) atoms. The van der Waals surface area contributed by atoms with Crippen molar-refractivity contribution in [3.05, 3.63) is 29.3 Å². The Bertz CT molecular complexity index is 641. The first-order chi connectivity index (χ1) is 9.46. The molecular weight excluding hydrogens is 300 g/mol. The molecule has 1 heterocycles. The molecule has 0 spiro atoms. The van der Waals surface area contributed by atoms with Crippen LogP contribution in [0.2, 0.25) is 5.02 Å². The number of rotatable bonds is 3. The van der Waals surface area contributed by atoms with Gasteiger partial charge in [0.2, 0.25) is 16.1 Å². The minimum atomic E-state index is -3.62. The van der Waals surface area contributed by atoms with Crippen LogP contribution in [0.1, 0.15) is 19.8 Å². The minimum absolute atomic E-state index is 0.117. The van der Waals surface area contributed by atoms with Gasteiger partial charge in [0.25, 0.3) is 0 Å². The Morgan fingerprint density at radius 2 is 2.10 bits per heavy atom. The van der Waals surface area contributed by atoms with Crippen LogP contribution in [0.15, 0.2) is 34.2 Å². The van der Waals surface area contributed by atoms with Crippen LogP contribution in [-0.4, -0.2) is 37.4 Å². The molecule has 1 saturated heterocycles. The van der Waals surface area contributed by atoms with Gasteiger partial charge in [0.1, 0.15) is 4.90 Å². The van der Waals surface area contributed by atoms with E-state index in [9.17, 15) is 13.2 Å². The Kier molecular flexibility index (Phi) is 4.60. The lowest BCUT2D eigenvalue weighted by Crippen LogP contribution is -2.45. The largest absolute Gasteiger partial charge is 0.244 e. The van der Waals surface area contributed by atoms with Crippen LogP contribution in [0.3, 0.4) is 0 Å². The molecular formula is C13H15ClN2O3S. The average Bonchev–Trinajstić information content (AvgIpc) is 2.39. The molecule has 1 aliphatic rings. The molecule has 108 valence electrons. The monoisotopic (exact) mass is 314 g/mol. The number of halogens is 1. The molecule has 0 bridgehead atoms. The molecule has 7 heteroatoms. The van der Waals surface area contributed by atoms with E-state index in [1.807, 2.05) is 0 Å². The second-order valence-electron chi connectivity index (χ2n) is 4.79. The van der Waals surface area contributed by atoms with E-state index in [0.717, 1.165) is 0 Å². The first-order valence-corrected chi connectivity index (χ1v) is 8.12. The zero-order valence-corrected chi connectivity index (χ0v) is 12.6. The van der Waals surface area contributed by atoms with E-state index in [4.69, 9.17) is 11.6 Å². The standard InChI is InChI=1S/C13H15ClN2O3S/c1-10-8-11(15-9-17)6-7-16(10)20(18,19)13-5-3-2-4-12(13)14/h2-5,10-11H,6-8H2,1H3. The van der Waals surface area contributed by atoms with Crippen molar-refractivity contribution in [1.29, 1.82) is 0 Å². The van der Waals surface area contributed by atoms with Crippen molar-refractivity contribution < 1.29 is 13.2 Å². The molecule has 5 nitrogen and oxygen atoms in total. The zero-order chi connectivity index (χ0) is 14.8. The molecule has 1 fully saturated rings. The predicted molar refractivity (Wildman–Crippen MR) is 75.9 cm³/mol. The summed E-state index contributed by atoms with van der Waals surface area (Å²) in [7, 11) is -3.62. The quantitative estimate of drug-likeness (QED) is 0.634. The Morgan fingerprint density at radius 3 is 2.70 bits per heavy atom. The third-order valence-corrected chi connectivity index (χ3v) is 5.96. The molecule has 0 aliphatic carbocycles. The molecule has 2 unspecified atom stereocenters. The van der Waals surface area contributed by atoms with Gasteiger partial charge in [0.15, 0.2) is 0 Å². The number of aliphatic imine (C=N–C) groups is 1. The SMILES string of the molecule is CC1CC(N=C=O)CCN1S(=O)(=O)c1ccccc1Cl. The van der Waals surface area contributed by atoms with Crippen LogP contribution in [0.4, 0.5) is 0 Å². The van der Waals surface area contributed by atoms with Gasteiger partial charge in [-0.3, -0.25) is 0 Å². The molecule has 1 aromatic carbocycles. The number of hydrogen-bond donors (Lipinski definition) is 0. The summed E-state index contributed by atoms with van der Waals surface area (Å²) in [5.74, 6) is 0.